The van der Waals surface area contributed by atoms with Crippen LogP contribution in [0.5, 0.6) is 0 Å². The van der Waals surface area contributed by atoms with Crippen molar-refractivity contribution < 1.29 is 9.47 Å². The van der Waals surface area contributed by atoms with Gasteiger partial charge in [0.05, 0.1) is 12.3 Å². The highest BCUT2D eigenvalue weighted by molar-refractivity contribution is 5.41. The summed E-state index contributed by atoms with van der Waals surface area (Å²) in [7, 11) is 1.67. The standard InChI is InChI=1S/C18H24N4O2/c1-3-22(11-14-4-7-19-8-5-14)18-10-16(15-6-9-24-12-15)20-17(21-18)13-23-2/h4-5,7-8,10,15H,3,6,9,11-13H2,1-2H3/t15-/m1/s1. The number of rotatable bonds is 7. The van der Waals surface area contributed by atoms with Crippen molar-refractivity contribution in [2.24, 2.45) is 0 Å². The third-order valence-electron chi connectivity index (χ3n) is 4.23. The summed E-state index contributed by atoms with van der Waals surface area (Å²) >= 11 is 0. The molecule has 0 radical (unpaired) electrons. The van der Waals surface area contributed by atoms with Crippen LogP contribution in [0.25, 0.3) is 0 Å². The Morgan fingerprint density at radius 3 is 2.79 bits per heavy atom. The van der Waals surface area contributed by atoms with E-state index in [1.807, 2.05) is 24.5 Å². The van der Waals surface area contributed by atoms with Crippen molar-refractivity contribution in [1.29, 1.82) is 0 Å². The zero-order valence-electron chi connectivity index (χ0n) is 14.3. The van der Waals surface area contributed by atoms with E-state index in [-0.39, 0.29) is 0 Å². The molecule has 0 N–H and O–H groups in total. The molecule has 1 saturated heterocycles. The fourth-order valence-electron chi connectivity index (χ4n) is 2.90. The third kappa shape index (κ3) is 4.07. The Labute approximate surface area is 142 Å². The van der Waals surface area contributed by atoms with Crippen LogP contribution in [-0.2, 0) is 22.6 Å². The molecule has 1 atom stereocenters. The van der Waals surface area contributed by atoms with E-state index >= 15 is 0 Å². The van der Waals surface area contributed by atoms with E-state index in [1.54, 1.807) is 7.11 Å². The highest BCUT2D eigenvalue weighted by Crippen LogP contribution is 2.27. The van der Waals surface area contributed by atoms with Gasteiger partial charge in [0, 0.05) is 51.2 Å². The second-order valence-corrected chi connectivity index (χ2v) is 5.93. The highest BCUT2D eigenvalue weighted by Gasteiger charge is 2.22. The lowest BCUT2D eigenvalue weighted by Crippen LogP contribution is -2.24. The minimum absolute atomic E-state index is 0.349. The molecule has 2 aromatic heterocycles. The Bertz CT molecular complexity index is 645. The number of pyridine rings is 1. The van der Waals surface area contributed by atoms with Gasteiger partial charge in [-0.05, 0) is 31.0 Å². The lowest BCUT2D eigenvalue weighted by Gasteiger charge is -2.23. The zero-order chi connectivity index (χ0) is 16.8. The van der Waals surface area contributed by atoms with Crippen LogP contribution in [0, 0.1) is 0 Å². The Balaban J connectivity index is 1.88. The van der Waals surface area contributed by atoms with Gasteiger partial charge in [-0.3, -0.25) is 4.98 Å². The van der Waals surface area contributed by atoms with Gasteiger partial charge < -0.3 is 14.4 Å². The first-order valence-corrected chi connectivity index (χ1v) is 8.38. The molecule has 3 heterocycles. The monoisotopic (exact) mass is 328 g/mol. The van der Waals surface area contributed by atoms with Crippen LogP contribution >= 0.6 is 0 Å². The van der Waals surface area contributed by atoms with Crippen LogP contribution in [0.15, 0.2) is 30.6 Å². The van der Waals surface area contributed by atoms with Crippen molar-refractivity contribution in [2.75, 3.05) is 31.8 Å². The molecule has 0 aliphatic carbocycles. The molecule has 3 rings (SSSR count). The molecule has 6 nitrogen and oxygen atoms in total. The van der Waals surface area contributed by atoms with Gasteiger partial charge in [-0.25, -0.2) is 9.97 Å². The fourth-order valence-corrected chi connectivity index (χ4v) is 2.90. The SMILES string of the molecule is CCN(Cc1ccncc1)c1cc([C@@H]2CCOC2)nc(COC)n1. The maximum atomic E-state index is 5.52. The first kappa shape index (κ1) is 16.8. The molecule has 0 unspecified atom stereocenters. The molecule has 0 spiro atoms. The molecule has 0 saturated carbocycles. The first-order chi connectivity index (χ1) is 11.8. The summed E-state index contributed by atoms with van der Waals surface area (Å²) in [5.41, 5.74) is 2.27. The maximum Gasteiger partial charge on any atom is 0.156 e. The van der Waals surface area contributed by atoms with Crippen LogP contribution in [0.2, 0.25) is 0 Å². The van der Waals surface area contributed by atoms with E-state index in [0.717, 1.165) is 50.1 Å². The summed E-state index contributed by atoms with van der Waals surface area (Å²) in [5, 5.41) is 0. The molecule has 0 bridgehead atoms. The van der Waals surface area contributed by atoms with Crippen molar-refractivity contribution in [2.45, 2.75) is 32.4 Å². The van der Waals surface area contributed by atoms with Crippen molar-refractivity contribution in [3.8, 4) is 0 Å². The van der Waals surface area contributed by atoms with Gasteiger partial charge in [-0.15, -0.1) is 0 Å². The minimum Gasteiger partial charge on any atom is -0.381 e. The number of hydrogen-bond acceptors (Lipinski definition) is 6. The summed E-state index contributed by atoms with van der Waals surface area (Å²) in [6, 6.07) is 6.17. The molecular formula is C18H24N4O2. The van der Waals surface area contributed by atoms with Gasteiger partial charge >= 0.3 is 0 Å². The smallest absolute Gasteiger partial charge is 0.156 e. The maximum absolute atomic E-state index is 5.52. The van der Waals surface area contributed by atoms with E-state index in [0.29, 0.717) is 12.5 Å². The Morgan fingerprint density at radius 1 is 1.29 bits per heavy atom. The second-order valence-electron chi connectivity index (χ2n) is 5.93. The van der Waals surface area contributed by atoms with Gasteiger partial charge in [0.15, 0.2) is 5.82 Å². The minimum atomic E-state index is 0.349. The topological polar surface area (TPSA) is 60.4 Å². The largest absolute Gasteiger partial charge is 0.381 e. The van der Waals surface area contributed by atoms with Crippen LogP contribution in [-0.4, -0.2) is 41.8 Å². The zero-order valence-corrected chi connectivity index (χ0v) is 14.3. The van der Waals surface area contributed by atoms with E-state index in [9.17, 15) is 0 Å². The van der Waals surface area contributed by atoms with Gasteiger partial charge in [-0.1, -0.05) is 0 Å². The second kappa shape index (κ2) is 8.17. The fraction of sp³-hybridized carbons (Fsp3) is 0.500. The van der Waals surface area contributed by atoms with E-state index in [4.69, 9.17) is 14.5 Å². The highest BCUT2D eigenvalue weighted by atomic mass is 16.5. The van der Waals surface area contributed by atoms with Crippen LogP contribution in [0.4, 0.5) is 5.82 Å². The Hall–Kier alpha value is -2.05. The molecule has 128 valence electrons. The van der Waals surface area contributed by atoms with Gasteiger partial charge in [0.1, 0.15) is 12.4 Å². The quantitative estimate of drug-likeness (QED) is 0.778. The predicted octanol–water partition coefficient (Wildman–Crippen LogP) is 2.55. The van der Waals surface area contributed by atoms with Gasteiger partial charge in [-0.2, -0.15) is 0 Å². The summed E-state index contributed by atoms with van der Waals surface area (Å²) < 4.78 is 10.8. The van der Waals surface area contributed by atoms with Crippen LogP contribution in [0.1, 0.15) is 36.3 Å². The van der Waals surface area contributed by atoms with Crippen molar-refractivity contribution in [3.63, 3.8) is 0 Å². The molecule has 0 aromatic carbocycles. The Kier molecular flexibility index (Phi) is 5.72. The van der Waals surface area contributed by atoms with Gasteiger partial charge in [0.25, 0.3) is 0 Å². The predicted molar refractivity (Wildman–Crippen MR) is 91.9 cm³/mol. The van der Waals surface area contributed by atoms with Crippen molar-refractivity contribution in [1.82, 2.24) is 15.0 Å². The number of nitrogens with zero attached hydrogens (tertiary/aromatic N) is 4. The lowest BCUT2D eigenvalue weighted by molar-refractivity contribution is 0.177. The summed E-state index contributed by atoms with van der Waals surface area (Å²) in [4.78, 5) is 15.7. The van der Waals surface area contributed by atoms with E-state index < -0.39 is 0 Å². The third-order valence-corrected chi connectivity index (χ3v) is 4.23. The molecule has 2 aromatic rings. The average molecular weight is 328 g/mol. The summed E-state index contributed by atoms with van der Waals surface area (Å²) in [6.45, 7) is 5.76. The van der Waals surface area contributed by atoms with Gasteiger partial charge in [0.2, 0.25) is 0 Å². The van der Waals surface area contributed by atoms with Crippen LogP contribution < -0.4 is 4.90 Å². The molecule has 1 aliphatic rings. The first-order valence-electron chi connectivity index (χ1n) is 8.38. The molecule has 6 heteroatoms. The van der Waals surface area contributed by atoms with E-state index in [2.05, 4.69) is 27.9 Å². The number of ether oxygens (including phenoxy) is 2. The normalized spacial score (nSPS) is 17.2. The number of methoxy groups -OCH3 is 1. The lowest BCUT2D eigenvalue weighted by atomic mass is 10.0. The molecule has 1 fully saturated rings. The molecule has 24 heavy (non-hydrogen) atoms. The van der Waals surface area contributed by atoms with Crippen molar-refractivity contribution >= 4 is 5.82 Å². The average Bonchev–Trinajstić information content (AvgIpc) is 3.15. The summed E-state index contributed by atoms with van der Waals surface area (Å²) in [5.74, 6) is 2.02. The van der Waals surface area contributed by atoms with E-state index in [1.165, 1.54) is 5.56 Å². The number of aromatic nitrogens is 3. The molecule has 1 aliphatic heterocycles. The van der Waals surface area contributed by atoms with Crippen molar-refractivity contribution in [3.05, 3.63) is 47.7 Å². The molecule has 0 amide bonds. The molecular weight excluding hydrogens is 304 g/mol. The Morgan fingerprint density at radius 2 is 2.12 bits per heavy atom. The number of anilines is 1. The number of hydrogen-bond donors (Lipinski definition) is 0. The summed E-state index contributed by atoms with van der Waals surface area (Å²) in [6.07, 6.45) is 4.65. The van der Waals surface area contributed by atoms with Crippen LogP contribution in [0.3, 0.4) is 0 Å².